The molecule has 0 spiro atoms. The average Bonchev–Trinajstić information content (AvgIpc) is 2.54. The van der Waals surface area contributed by atoms with Crippen molar-refractivity contribution in [1.29, 1.82) is 0 Å². The van der Waals surface area contributed by atoms with Crippen LogP contribution in [0.25, 0.3) is 11.1 Å². The average molecular weight is 326 g/mol. The second-order valence-corrected chi connectivity index (χ2v) is 7.17. The summed E-state index contributed by atoms with van der Waals surface area (Å²) < 4.78 is 11.3. The quantitative estimate of drug-likeness (QED) is 0.845. The maximum atomic E-state index is 10.5. The van der Waals surface area contributed by atoms with Crippen molar-refractivity contribution >= 4 is 0 Å². The summed E-state index contributed by atoms with van der Waals surface area (Å²) in [6.45, 7) is 3.82. The van der Waals surface area contributed by atoms with Crippen LogP contribution in [-0.4, -0.2) is 29.0 Å². The lowest BCUT2D eigenvalue weighted by molar-refractivity contribution is -0.0413. The third-order valence-electron chi connectivity index (χ3n) is 5.28. The summed E-state index contributed by atoms with van der Waals surface area (Å²) in [5, 5.41) is 20.9. The zero-order chi connectivity index (χ0) is 17.1. The molecule has 2 aliphatic rings. The molecule has 4 nitrogen and oxygen atoms in total. The molecule has 4 heteroatoms. The van der Waals surface area contributed by atoms with E-state index in [-0.39, 0.29) is 5.75 Å². The minimum atomic E-state index is -0.580. The highest BCUT2D eigenvalue weighted by Gasteiger charge is 2.37. The molecule has 0 bridgehead atoms. The van der Waals surface area contributed by atoms with E-state index < -0.39 is 11.7 Å². The normalized spacial score (nSPS) is 20.4. The third kappa shape index (κ3) is 2.17. The highest BCUT2D eigenvalue weighted by atomic mass is 16.5. The van der Waals surface area contributed by atoms with Gasteiger partial charge in [0.15, 0.2) is 0 Å². The Labute approximate surface area is 141 Å². The number of hydrogen-bond acceptors (Lipinski definition) is 4. The Morgan fingerprint density at radius 2 is 1.96 bits per heavy atom. The van der Waals surface area contributed by atoms with Crippen molar-refractivity contribution in [2.45, 2.75) is 44.8 Å². The smallest absolute Gasteiger partial charge is 0.129 e. The van der Waals surface area contributed by atoms with E-state index in [0.29, 0.717) is 12.2 Å². The fraction of sp³-hybridized carbons (Fsp3) is 0.400. The van der Waals surface area contributed by atoms with E-state index in [4.69, 9.17) is 9.47 Å². The van der Waals surface area contributed by atoms with Gasteiger partial charge >= 0.3 is 0 Å². The summed E-state index contributed by atoms with van der Waals surface area (Å²) in [7, 11) is 1.61. The largest absolute Gasteiger partial charge is 0.507 e. The molecule has 126 valence electrons. The van der Waals surface area contributed by atoms with Gasteiger partial charge in [-0.1, -0.05) is 6.07 Å². The minimum Gasteiger partial charge on any atom is -0.507 e. The monoisotopic (exact) mass is 326 g/mol. The molecular formula is C20H22O4. The van der Waals surface area contributed by atoms with Crippen molar-refractivity contribution in [1.82, 2.24) is 0 Å². The molecule has 2 aromatic carbocycles. The first kappa shape index (κ1) is 15.3. The van der Waals surface area contributed by atoms with Gasteiger partial charge in [-0.15, -0.1) is 0 Å². The summed E-state index contributed by atoms with van der Waals surface area (Å²) in [5.74, 6) is 1.76. The fourth-order valence-electron chi connectivity index (χ4n) is 3.84. The zero-order valence-corrected chi connectivity index (χ0v) is 14.2. The Bertz CT molecular complexity index is 823. The highest BCUT2D eigenvalue weighted by Crippen LogP contribution is 2.46. The Morgan fingerprint density at radius 1 is 1.17 bits per heavy atom. The molecule has 1 aliphatic carbocycles. The summed E-state index contributed by atoms with van der Waals surface area (Å²) in [4.78, 5) is 0. The molecule has 2 aromatic rings. The van der Waals surface area contributed by atoms with Gasteiger partial charge in [-0.2, -0.15) is 0 Å². The molecule has 4 rings (SSSR count). The molecule has 0 aromatic heterocycles. The SMILES string of the molecule is COc1cc(O)c2c(c1)CCc1c-2ccc2c1CC(O)C(C)(C)O2. The van der Waals surface area contributed by atoms with E-state index in [1.165, 1.54) is 5.56 Å². The van der Waals surface area contributed by atoms with E-state index >= 15 is 0 Å². The van der Waals surface area contributed by atoms with Gasteiger partial charge in [-0.25, -0.2) is 0 Å². The van der Waals surface area contributed by atoms with Crippen LogP contribution >= 0.6 is 0 Å². The topological polar surface area (TPSA) is 58.9 Å². The second-order valence-electron chi connectivity index (χ2n) is 7.17. The molecule has 24 heavy (non-hydrogen) atoms. The number of methoxy groups -OCH3 is 1. The molecule has 0 radical (unpaired) electrons. The zero-order valence-electron chi connectivity index (χ0n) is 14.2. The van der Waals surface area contributed by atoms with Crippen molar-refractivity contribution in [3.8, 4) is 28.4 Å². The van der Waals surface area contributed by atoms with Crippen LogP contribution in [0.3, 0.4) is 0 Å². The van der Waals surface area contributed by atoms with Crippen LogP contribution in [0.5, 0.6) is 17.2 Å². The Hall–Kier alpha value is -2.20. The Balaban J connectivity index is 1.88. The standard InChI is InChI=1S/C20H22O4/c1-20(2)18(22)10-15-13-5-4-11-8-12(23-3)9-16(21)19(11)14(13)6-7-17(15)24-20/h6-9,18,21-22H,4-5,10H2,1-3H3. The molecule has 1 unspecified atom stereocenters. The van der Waals surface area contributed by atoms with Crippen molar-refractivity contribution in [3.63, 3.8) is 0 Å². The van der Waals surface area contributed by atoms with Gasteiger partial charge in [0.25, 0.3) is 0 Å². The van der Waals surface area contributed by atoms with Crippen LogP contribution in [0.1, 0.15) is 30.5 Å². The van der Waals surface area contributed by atoms with E-state index in [0.717, 1.165) is 40.8 Å². The summed E-state index contributed by atoms with van der Waals surface area (Å²) >= 11 is 0. The van der Waals surface area contributed by atoms with Crippen LogP contribution in [0.2, 0.25) is 0 Å². The van der Waals surface area contributed by atoms with Gasteiger partial charge in [0, 0.05) is 23.6 Å². The molecule has 0 saturated carbocycles. The summed E-state index contributed by atoms with van der Waals surface area (Å²) in [6.07, 6.45) is 1.75. The lowest BCUT2D eigenvalue weighted by Crippen LogP contribution is -2.46. The molecule has 0 fully saturated rings. The molecule has 2 N–H and O–H groups in total. The first-order valence-electron chi connectivity index (χ1n) is 8.33. The van der Waals surface area contributed by atoms with Crippen LogP contribution in [0, 0.1) is 0 Å². The van der Waals surface area contributed by atoms with Crippen molar-refractivity contribution in [2.24, 2.45) is 0 Å². The third-order valence-corrected chi connectivity index (χ3v) is 5.28. The Kier molecular flexibility index (Phi) is 3.29. The molecule has 1 heterocycles. The van der Waals surface area contributed by atoms with Crippen LogP contribution < -0.4 is 9.47 Å². The van der Waals surface area contributed by atoms with E-state index in [1.807, 2.05) is 32.0 Å². The molecule has 1 atom stereocenters. The molecule has 1 aliphatic heterocycles. The summed E-state index contributed by atoms with van der Waals surface area (Å²) in [6, 6.07) is 7.63. The predicted molar refractivity (Wildman–Crippen MR) is 91.9 cm³/mol. The number of hydrogen-bond donors (Lipinski definition) is 2. The van der Waals surface area contributed by atoms with Gasteiger partial charge in [-0.3, -0.25) is 0 Å². The molecule has 0 saturated heterocycles. The maximum Gasteiger partial charge on any atom is 0.129 e. The minimum absolute atomic E-state index is 0.239. The molecular weight excluding hydrogens is 304 g/mol. The number of aromatic hydroxyl groups is 1. The van der Waals surface area contributed by atoms with Crippen LogP contribution in [-0.2, 0) is 19.3 Å². The number of benzene rings is 2. The summed E-state index contributed by atoms with van der Waals surface area (Å²) in [5.41, 5.74) is 4.67. The number of phenols is 1. The van der Waals surface area contributed by atoms with Gasteiger partial charge in [-0.05, 0) is 55.5 Å². The number of rotatable bonds is 1. The van der Waals surface area contributed by atoms with Crippen molar-refractivity contribution in [2.75, 3.05) is 7.11 Å². The van der Waals surface area contributed by atoms with Crippen molar-refractivity contribution in [3.05, 3.63) is 41.0 Å². The van der Waals surface area contributed by atoms with Crippen LogP contribution in [0.15, 0.2) is 24.3 Å². The predicted octanol–water partition coefficient (Wildman–Crippen LogP) is 3.24. The fourth-order valence-corrected chi connectivity index (χ4v) is 3.84. The second kappa shape index (κ2) is 5.15. The number of aliphatic hydroxyl groups is 1. The highest BCUT2D eigenvalue weighted by molar-refractivity contribution is 5.81. The number of aliphatic hydroxyl groups excluding tert-OH is 1. The maximum absolute atomic E-state index is 10.5. The number of fused-ring (bicyclic) bond motifs is 5. The number of phenolic OH excluding ortho intramolecular Hbond substituents is 1. The number of ether oxygens (including phenoxy) is 2. The number of aryl methyl sites for hydroxylation is 1. The Morgan fingerprint density at radius 3 is 2.71 bits per heavy atom. The first-order valence-corrected chi connectivity index (χ1v) is 8.33. The van der Waals surface area contributed by atoms with Gasteiger partial charge in [0.1, 0.15) is 22.8 Å². The van der Waals surface area contributed by atoms with E-state index in [1.54, 1.807) is 13.2 Å². The lowest BCUT2D eigenvalue weighted by atomic mass is 9.79. The van der Waals surface area contributed by atoms with E-state index in [2.05, 4.69) is 0 Å². The van der Waals surface area contributed by atoms with Gasteiger partial charge in [0.2, 0.25) is 0 Å². The van der Waals surface area contributed by atoms with E-state index in [9.17, 15) is 10.2 Å². The lowest BCUT2D eigenvalue weighted by Gasteiger charge is -2.39. The first-order chi connectivity index (χ1) is 11.4. The molecule has 0 amide bonds. The van der Waals surface area contributed by atoms with Gasteiger partial charge < -0.3 is 19.7 Å². The van der Waals surface area contributed by atoms with Gasteiger partial charge in [0.05, 0.1) is 13.2 Å². The van der Waals surface area contributed by atoms with Crippen LogP contribution in [0.4, 0.5) is 0 Å². The van der Waals surface area contributed by atoms with Crippen molar-refractivity contribution < 1.29 is 19.7 Å².